The van der Waals surface area contributed by atoms with Crippen LogP contribution in [0.3, 0.4) is 0 Å². The van der Waals surface area contributed by atoms with Crippen LogP contribution in [0, 0.1) is 0 Å². The highest BCUT2D eigenvalue weighted by Crippen LogP contribution is 2.19. The average molecular weight is 232 g/mol. The highest BCUT2D eigenvalue weighted by Gasteiger charge is 2.04. The molecule has 0 saturated heterocycles. The highest BCUT2D eigenvalue weighted by atomic mass is 32.2. The van der Waals surface area contributed by atoms with Crippen molar-refractivity contribution in [3.05, 3.63) is 54.4 Å². The Morgan fingerprint density at radius 2 is 1.75 bits per heavy atom. The lowest BCUT2D eigenvalue weighted by Crippen LogP contribution is -2.16. The SMILES string of the molecule is CSc1ccc(C(C)Nn2cccc2)cc1. The van der Waals surface area contributed by atoms with Crippen molar-refractivity contribution in [1.82, 2.24) is 4.68 Å². The van der Waals surface area contributed by atoms with Crippen LogP contribution in [0.15, 0.2) is 53.7 Å². The molecule has 16 heavy (non-hydrogen) atoms. The summed E-state index contributed by atoms with van der Waals surface area (Å²) >= 11 is 1.77. The van der Waals surface area contributed by atoms with E-state index < -0.39 is 0 Å². The van der Waals surface area contributed by atoms with E-state index >= 15 is 0 Å². The molecule has 0 fully saturated rings. The van der Waals surface area contributed by atoms with Crippen molar-refractivity contribution in [2.45, 2.75) is 17.9 Å². The van der Waals surface area contributed by atoms with Gasteiger partial charge in [0, 0.05) is 17.3 Å². The molecule has 2 nitrogen and oxygen atoms in total. The molecule has 0 amide bonds. The van der Waals surface area contributed by atoms with Crippen LogP contribution < -0.4 is 5.43 Å². The second kappa shape index (κ2) is 5.12. The van der Waals surface area contributed by atoms with Gasteiger partial charge in [0.2, 0.25) is 0 Å². The van der Waals surface area contributed by atoms with E-state index in [1.54, 1.807) is 11.8 Å². The van der Waals surface area contributed by atoms with Gasteiger partial charge in [0.05, 0.1) is 6.04 Å². The van der Waals surface area contributed by atoms with E-state index in [0.717, 1.165) is 0 Å². The minimum absolute atomic E-state index is 0.309. The van der Waals surface area contributed by atoms with Crippen LogP contribution in [0.25, 0.3) is 0 Å². The summed E-state index contributed by atoms with van der Waals surface area (Å²) in [5, 5.41) is 0. The maximum atomic E-state index is 3.39. The zero-order valence-electron chi connectivity index (χ0n) is 9.55. The van der Waals surface area contributed by atoms with Crippen LogP contribution in [0.4, 0.5) is 0 Å². The predicted molar refractivity (Wildman–Crippen MR) is 70.4 cm³/mol. The van der Waals surface area contributed by atoms with Crippen molar-refractivity contribution in [1.29, 1.82) is 0 Å². The summed E-state index contributed by atoms with van der Waals surface area (Å²) in [6.07, 6.45) is 6.11. The third-order valence-electron chi connectivity index (χ3n) is 2.56. The molecular weight excluding hydrogens is 216 g/mol. The van der Waals surface area contributed by atoms with E-state index in [2.05, 4.69) is 42.9 Å². The lowest BCUT2D eigenvalue weighted by molar-refractivity contribution is 0.727. The maximum Gasteiger partial charge on any atom is 0.0645 e. The molecule has 1 N–H and O–H groups in total. The summed E-state index contributed by atoms with van der Waals surface area (Å²) in [6, 6.07) is 13.0. The Morgan fingerprint density at radius 3 is 2.31 bits per heavy atom. The zero-order chi connectivity index (χ0) is 11.4. The van der Waals surface area contributed by atoms with E-state index in [-0.39, 0.29) is 0 Å². The molecule has 0 aliphatic rings. The van der Waals surface area contributed by atoms with Crippen molar-refractivity contribution in [3.8, 4) is 0 Å². The molecule has 2 aromatic rings. The van der Waals surface area contributed by atoms with Gasteiger partial charge in [-0.15, -0.1) is 11.8 Å². The first-order valence-electron chi connectivity index (χ1n) is 5.33. The van der Waals surface area contributed by atoms with Crippen LogP contribution >= 0.6 is 11.8 Å². The molecule has 1 atom stereocenters. The Hall–Kier alpha value is -1.35. The number of hydrogen-bond acceptors (Lipinski definition) is 2. The Bertz CT molecular complexity index is 420. The van der Waals surface area contributed by atoms with Crippen LogP contribution in [0.1, 0.15) is 18.5 Å². The Morgan fingerprint density at radius 1 is 1.12 bits per heavy atom. The molecule has 1 unspecified atom stereocenters. The third-order valence-corrected chi connectivity index (χ3v) is 3.31. The molecule has 84 valence electrons. The van der Waals surface area contributed by atoms with E-state index in [9.17, 15) is 0 Å². The van der Waals surface area contributed by atoms with Gasteiger partial charge in [-0.05, 0) is 43.0 Å². The Labute approximate surface area is 101 Å². The van der Waals surface area contributed by atoms with Gasteiger partial charge in [0.15, 0.2) is 0 Å². The molecule has 2 rings (SSSR count). The lowest BCUT2D eigenvalue weighted by Gasteiger charge is -2.16. The Balaban J connectivity index is 2.05. The van der Waals surface area contributed by atoms with Gasteiger partial charge in [0.1, 0.15) is 0 Å². The molecule has 0 aliphatic carbocycles. The van der Waals surface area contributed by atoms with Crippen LogP contribution in [0.5, 0.6) is 0 Å². The van der Waals surface area contributed by atoms with E-state index in [1.807, 2.05) is 29.2 Å². The van der Waals surface area contributed by atoms with E-state index in [4.69, 9.17) is 0 Å². The average Bonchev–Trinajstić information content (AvgIpc) is 2.82. The summed E-state index contributed by atoms with van der Waals surface area (Å²) in [7, 11) is 0. The first kappa shape index (κ1) is 11.1. The molecule has 3 heteroatoms. The van der Waals surface area contributed by atoms with Crippen LogP contribution in [-0.2, 0) is 0 Å². The molecule has 0 spiro atoms. The molecule has 0 aliphatic heterocycles. The first-order chi connectivity index (χ1) is 7.79. The normalized spacial score (nSPS) is 12.4. The standard InChI is InChI=1S/C13H16N2S/c1-11(14-15-9-3-4-10-15)12-5-7-13(16-2)8-6-12/h3-11,14H,1-2H3. The van der Waals surface area contributed by atoms with Crippen LogP contribution in [-0.4, -0.2) is 10.9 Å². The second-order valence-electron chi connectivity index (χ2n) is 3.71. The smallest absolute Gasteiger partial charge is 0.0645 e. The largest absolute Gasteiger partial charge is 0.319 e. The maximum absolute atomic E-state index is 3.39. The number of nitrogens with zero attached hydrogens (tertiary/aromatic N) is 1. The van der Waals surface area contributed by atoms with Crippen molar-refractivity contribution in [2.24, 2.45) is 0 Å². The fourth-order valence-corrected chi connectivity index (χ4v) is 2.02. The number of benzene rings is 1. The predicted octanol–water partition coefficient (Wildman–Crippen LogP) is 3.51. The van der Waals surface area contributed by atoms with Crippen LogP contribution in [0.2, 0.25) is 0 Å². The summed E-state index contributed by atoms with van der Waals surface area (Å²) < 4.78 is 1.98. The molecule has 0 saturated carbocycles. The topological polar surface area (TPSA) is 17.0 Å². The van der Waals surface area contributed by atoms with Gasteiger partial charge in [-0.3, -0.25) is 4.68 Å². The molecular formula is C13H16N2S. The van der Waals surface area contributed by atoms with Crippen molar-refractivity contribution in [3.63, 3.8) is 0 Å². The minimum Gasteiger partial charge on any atom is -0.319 e. The van der Waals surface area contributed by atoms with Gasteiger partial charge in [-0.2, -0.15) is 0 Å². The minimum atomic E-state index is 0.309. The van der Waals surface area contributed by atoms with E-state index in [0.29, 0.717) is 6.04 Å². The number of hydrogen-bond donors (Lipinski definition) is 1. The molecule has 1 aromatic carbocycles. The summed E-state index contributed by atoms with van der Waals surface area (Å²) in [5.74, 6) is 0. The fourth-order valence-electron chi connectivity index (χ4n) is 1.61. The molecule has 1 heterocycles. The van der Waals surface area contributed by atoms with Crippen molar-refractivity contribution < 1.29 is 0 Å². The number of thioether (sulfide) groups is 1. The van der Waals surface area contributed by atoms with Gasteiger partial charge < -0.3 is 5.43 Å². The highest BCUT2D eigenvalue weighted by molar-refractivity contribution is 7.98. The van der Waals surface area contributed by atoms with Gasteiger partial charge >= 0.3 is 0 Å². The van der Waals surface area contributed by atoms with Gasteiger partial charge in [-0.25, -0.2) is 0 Å². The Kier molecular flexibility index (Phi) is 3.57. The van der Waals surface area contributed by atoms with Gasteiger partial charge in [-0.1, -0.05) is 12.1 Å². The number of rotatable bonds is 4. The van der Waals surface area contributed by atoms with Gasteiger partial charge in [0.25, 0.3) is 0 Å². The monoisotopic (exact) mass is 232 g/mol. The molecule has 0 bridgehead atoms. The lowest BCUT2D eigenvalue weighted by atomic mass is 10.1. The summed E-state index contributed by atoms with van der Waals surface area (Å²) in [5.41, 5.74) is 4.68. The third kappa shape index (κ3) is 2.61. The number of nitrogens with one attached hydrogen (secondary N) is 1. The van der Waals surface area contributed by atoms with Crippen molar-refractivity contribution in [2.75, 3.05) is 11.7 Å². The van der Waals surface area contributed by atoms with Crippen molar-refractivity contribution >= 4 is 11.8 Å². The second-order valence-corrected chi connectivity index (χ2v) is 4.59. The summed E-state index contributed by atoms with van der Waals surface area (Å²) in [4.78, 5) is 1.30. The fraction of sp³-hybridized carbons (Fsp3) is 0.231. The van der Waals surface area contributed by atoms with E-state index in [1.165, 1.54) is 10.5 Å². The molecule has 0 radical (unpaired) electrons. The summed E-state index contributed by atoms with van der Waals surface area (Å²) in [6.45, 7) is 2.16. The number of aromatic nitrogens is 1. The molecule has 1 aromatic heterocycles. The quantitative estimate of drug-likeness (QED) is 0.812. The zero-order valence-corrected chi connectivity index (χ0v) is 10.4. The first-order valence-corrected chi connectivity index (χ1v) is 6.55.